The molecule has 0 aliphatic heterocycles. The predicted octanol–water partition coefficient (Wildman–Crippen LogP) is 2.65. The minimum absolute atomic E-state index is 0.0500. The number of hydrazine groups is 1. The van der Waals surface area contributed by atoms with Gasteiger partial charge in [-0.3, -0.25) is 20.4 Å². The second kappa shape index (κ2) is 8.26. The number of carbonyl (C=O) groups excluding carboxylic acids is 2. The highest BCUT2D eigenvalue weighted by molar-refractivity contribution is 5.99. The molecule has 0 aliphatic carbocycles. The summed E-state index contributed by atoms with van der Waals surface area (Å²) in [5.74, 6) is 0.240. The Balaban J connectivity index is 1.59. The van der Waals surface area contributed by atoms with Crippen LogP contribution in [0.3, 0.4) is 0 Å². The summed E-state index contributed by atoms with van der Waals surface area (Å²) in [5, 5.41) is 13.1. The lowest BCUT2D eigenvalue weighted by Crippen LogP contribution is -2.41. The van der Waals surface area contributed by atoms with E-state index in [1.807, 2.05) is 6.92 Å². The molecule has 0 atom stereocenters. The molecule has 0 fully saturated rings. The number of phenolic OH excluding ortho intramolecular Hbond substituents is 1. The van der Waals surface area contributed by atoms with Crippen molar-refractivity contribution < 1.29 is 24.0 Å². The Morgan fingerprint density at radius 1 is 1.04 bits per heavy atom. The van der Waals surface area contributed by atoms with Gasteiger partial charge in [0.05, 0.1) is 11.3 Å². The molecule has 0 aliphatic rings. The molecule has 3 N–H and O–H groups in total. The zero-order valence-corrected chi connectivity index (χ0v) is 15.4. The average molecular weight is 381 g/mol. The molecule has 28 heavy (non-hydrogen) atoms. The molecule has 2 amide bonds. The standard InChI is InChI=1S/C20H19N3O5/c1-12-18(13(2)28-23-12)11-27-17-5-3-4-15(10-17)20(26)22-21-19(25)14-6-8-16(24)9-7-14/h3-10,24H,11H2,1-2H3,(H,21,25)(H,22,26). The Morgan fingerprint density at radius 2 is 1.71 bits per heavy atom. The third-order valence-electron chi connectivity index (χ3n) is 4.08. The van der Waals surface area contributed by atoms with Crippen molar-refractivity contribution >= 4 is 11.8 Å². The van der Waals surface area contributed by atoms with Crippen molar-refractivity contribution in [1.82, 2.24) is 16.0 Å². The number of hydrogen-bond donors (Lipinski definition) is 3. The maximum Gasteiger partial charge on any atom is 0.269 e. The van der Waals surface area contributed by atoms with Gasteiger partial charge in [0.1, 0.15) is 23.9 Å². The van der Waals surface area contributed by atoms with Crippen LogP contribution >= 0.6 is 0 Å². The van der Waals surface area contributed by atoms with Crippen LogP contribution in [0.1, 0.15) is 37.7 Å². The third-order valence-corrected chi connectivity index (χ3v) is 4.08. The van der Waals surface area contributed by atoms with E-state index in [2.05, 4.69) is 16.0 Å². The number of nitrogens with zero attached hydrogens (tertiary/aromatic N) is 1. The first-order valence-corrected chi connectivity index (χ1v) is 8.48. The number of hydrogen-bond acceptors (Lipinski definition) is 6. The molecule has 0 saturated heterocycles. The van der Waals surface area contributed by atoms with E-state index in [4.69, 9.17) is 9.26 Å². The second-order valence-corrected chi connectivity index (χ2v) is 6.07. The molecule has 0 radical (unpaired) electrons. The first kappa shape index (κ1) is 19.0. The van der Waals surface area contributed by atoms with Crippen LogP contribution in [-0.2, 0) is 6.61 Å². The normalized spacial score (nSPS) is 10.4. The van der Waals surface area contributed by atoms with Crippen molar-refractivity contribution in [3.05, 3.63) is 76.7 Å². The van der Waals surface area contributed by atoms with E-state index in [1.165, 1.54) is 24.3 Å². The van der Waals surface area contributed by atoms with E-state index in [1.54, 1.807) is 31.2 Å². The number of phenols is 1. The monoisotopic (exact) mass is 381 g/mol. The molecular weight excluding hydrogens is 362 g/mol. The summed E-state index contributed by atoms with van der Waals surface area (Å²) < 4.78 is 10.8. The number of amides is 2. The third kappa shape index (κ3) is 4.47. The number of aromatic nitrogens is 1. The fourth-order valence-corrected chi connectivity index (χ4v) is 2.46. The zero-order valence-electron chi connectivity index (χ0n) is 15.4. The summed E-state index contributed by atoms with van der Waals surface area (Å²) in [6.07, 6.45) is 0. The maximum absolute atomic E-state index is 12.3. The molecule has 3 rings (SSSR count). The van der Waals surface area contributed by atoms with Crippen molar-refractivity contribution in [1.29, 1.82) is 0 Å². The highest BCUT2D eigenvalue weighted by Crippen LogP contribution is 2.18. The zero-order chi connectivity index (χ0) is 20.1. The van der Waals surface area contributed by atoms with Crippen LogP contribution in [0.25, 0.3) is 0 Å². The lowest BCUT2D eigenvalue weighted by atomic mass is 10.2. The van der Waals surface area contributed by atoms with Crippen LogP contribution in [0.15, 0.2) is 53.1 Å². The number of carbonyl (C=O) groups is 2. The lowest BCUT2D eigenvalue weighted by molar-refractivity contribution is 0.0846. The molecule has 0 bridgehead atoms. The quantitative estimate of drug-likeness (QED) is 0.586. The van der Waals surface area contributed by atoms with Gasteiger partial charge in [0.25, 0.3) is 11.8 Å². The Hall–Kier alpha value is -3.81. The number of nitrogens with one attached hydrogen (secondary N) is 2. The average Bonchev–Trinajstić information content (AvgIpc) is 3.02. The molecule has 1 heterocycles. The van der Waals surface area contributed by atoms with Crippen LogP contribution in [-0.4, -0.2) is 22.1 Å². The van der Waals surface area contributed by atoms with Crippen molar-refractivity contribution in [3.63, 3.8) is 0 Å². The minimum Gasteiger partial charge on any atom is -0.508 e. The van der Waals surface area contributed by atoms with Crippen molar-refractivity contribution in [3.8, 4) is 11.5 Å². The highest BCUT2D eigenvalue weighted by atomic mass is 16.5. The molecule has 0 unspecified atom stereocenters. The van der Waals surface area contributed by atoms with Crippen LogP contribution in [0.5, 0.6) is 11.5 Å². The fourth-order valence-electron chi connectivity index (χ4n) is 2.46. The van der Waals surface area contributed by atoms with Gasteiger partial charge in [0, 0.05) is 11.1 Å². The second-order valence-electron chi connectivity index (χ2n) is 6.07. The SMILES string of the molecule is Cc1noc(C)c1COc1cccc(C(=O)NNC(=O)c2ccc(O)cc2)c1. The smallest absolute Gasteiger partial charge is 0.269 e. The number of rotatable bonds is 5. The van der Waals surface area contributed by atoms with Gasteiger partial charge < -0.3 is 14.4 Å². The largest absolute Gasteiger partial charge is 0.508 e. The van der Waals surface area contributed by atoms with Gasteiger partial charge >= 0.3 is 0 Å². The van der Waals surface area contributed by atoms with E-state index >= 15 is 0 Å². The molecule has 144 valence electrons. The number of ether oxygens (including phenoxy) is 1. The predicted molar refractivity (Wildman–Crippen MR) is 99.8 cm³/mol. The van der Waals surface area contributed by atoms with E-state index in [0.29, 0.717) is 22.6 Å². The van der Waals surface area contributed by atoms with Crippen LogP contribution in [0.2, 0.25) is 0 Å². The number of aryl methyl sites for hydroxylation is 2. The number of benzene rings is 2. The van der Waals surface area contributed by atoms with Gasteiger partial charge in [-0.25, -0.2) is 0 Å². The van der Waals surface area contributed by atoms with Gasteiger partial charge in [0.2, 0.25) is 0 Å². The van der Waals surface area contributed by atoms with Gasteiger partial charge in [-0.05, 0) is 56.3 Å². The fraction of sp³-hybridized carbons (Fsp3) is 0.150. The van der Waals surface area contributed by atoms with E-state index in [-0.39, 0.29) is 12.4 Å². The topological polar surface area (TPSA) is 114 Å². The van der Waals surface area contributed by atoms with Crippen LogP contribution in [0.4, 0.5) is 0 Å². The van der Waals surface area contributed by atoms with Gasteiger partial charge in [-0.2, -0.15) is 0 Å². The highest BCUT2D eigenvalue weighted by Gasteiger charge is 2.12. The Kier molecular flexibility index (Phi) is 5.59. The number of aromatic hydroxyl groups is 1. The summed E-state index contributed by atoms with van der Waals surface area (Å²) in [5.41, 5.74) is 6.90. The molecule has 0 spiro atoms. The Morgan fingerprint density at radius 3 is 2.36 bits per heavy atom. The summed E-state index contributed by atoms with van der Waals surface area (Å²) in [6, 6.07) is 12.2. The summed E-state index contributed by atoms with van der Waals surface area (Å²) in [6.45, 7) is 3.90. The molecule has 0 saturated carbocycles. The first-order valence-electron chi connectivity index (χ1n) is 8.48. The van der Waals surface area contributed by atoms with Crippen LogP contribution < -0.4 is 15.6 Å². The lowest BCUT2D eigenvalue weighted by Gasteiger charge is -2.10. The summed E-state index contributed by atoms with van der Waals surface area (Å²) in [4.78, 5) is 24.3. The summed E-state index contributed by atoms with van der Waals surface area (Å²) in [7, 11) is 0. The molecule has 2 aromatic carbocycles. The van der Waals surface area contributed by atoms with Crippen molar-refractivity contribution in [2.45, 2.75) is 20.5 Å². The molecule has 1 aromatic heterocycles. The summed E-state index contributed by atoms with van der Waals surface area (Å²) >= 11 is 0. The van der Waals surface area contributed by atoms with Crippen molar-refractivity contribution in [2.75, 3.05) is 0 Å². The molecular formula is C20H19N3O5. The first-order chi connectivity index (χ1) is 13.4. The van der Waals surface area contributed by atoms with E-state index < -0.39 is 11.8 Å². The van der Waals surface area contributed by atoms with Crippen molar-refractivity contribution in [2.24, 2.45) is 0 Å². The molecule has 8 heteroatoms. The molecule has 8 nitrogen and oxygen atoms in total. The van der Waals surface area contributed by atoms with Gasteiger partial charge in [0.15, 0.2) is 0 Å². The van der Waals surface area contributed by atoms with Crippen LogP contribution in [0, 0.1) is 13.8 Å². The minimum atomic E-state index is -0.501. The van der Waals surface area contributed by atoms with Gasteiger partial charge in [-0.15, -0.1) is 0 Å². The van der Waals surface area contributed by atoms with E-state index in [9.17, 15) is 14.7 Å². The van der Waals surface area contributed by atoms with E-state index in [0.717, 1.165) is 11.3 Å². The maximum atomic E-state index is 12.3. The van der Waals surface area contributed by atoms with Gasteiger partial charge in [-0.1, -0.05) is 11.2 Å². The Bertz CT molecular complexity index is 976. The Labute approximate surface area is 161 Å². The molecule has 3 aromatic rings.